The third-order valence-electron chi connectivity index (χ3n) is 3.12. The molecule has 1 N–H and O–H groups in total. The molecule has 3 heteroatoms. The molecule has 0 aliphatic carbocycles. The summed E-state index contributed by atoms with van der Waals surface area (Å²) in [5.74, 6) is 1.80. The first-order valence-corrected chi connectivity index (χ1v) is 6.39. The highest BCUT2D eigenvalue weighted by molar-refractivity contribution is 5.27. The molecule has 2 rings (SSSR count). The molecule has 0 amide bonds. The molecule has 1 aromatic carbocycles. The summed E-state index contributed by atoms with van der Waals surface area (Å²) < 4.78 is 5.44. The molecule has 0 saturated carbocycles. The lowest BCUT2D eigenvalue weighted by molar-refractivity contribution is 0.218. The molecule has 1 aliphatic rings. The molecule has 0 unspecified atom stereocenters. The van der Waals surface area contributed by atoms with Crippen LogP contribution in [0.2, 0.25) is 0 Å². The van der Waals surface area contributed by atoms with Crippen molar-refractivity contribution in [1.82, 2.24) is 10.2 Å². The van der Waals surface area contributed by atoms with Gasteiger partial charge >= 0.3 is 0 Å². The highest BCUT2D eigenvalue weighted by Crippen LogP contribution is 2.14. The fraction of sp³-hybridized carbons (Fsp3) is 0.571. The van der Waals surface area contributed by atoms with E-state index < -0.39 is 0 Å². The second kappa shape index (κ2) is 6.03. The Balaban J connectivity index is 1.80. The van der Waals surface area contributed by atoms with Gasteiger partial charge in [-0.05, 0) is 37.6 Å². The lowest BCUT2D eigenvalue weighted by Crippen LogP contribution is -2.47. The van der Waals surface area contributed by atoms with E-state index in [0.29, 0.717) is 0 Å². The van der Waals surface area contributed by atoms with Crippen LogP contribution in [0.15, 0.2) is 24.3 Å². The number of ether oxygens (including phenoxy) is 1. The van der Waals surface area contributed by atoms with E-state index in [9.17, 15) is 0 Å². The number of rotatable bonds is 6. The highest BCUT2D eigenvalue weighted by Gasteiger charge is 2.18. The van der Waals surface area contributed by atoms with E-state index in [1.54, 1.807) is 0 Å². The van der Waals surface area contributed by atoms with E-state index in [0.717, 1.165) is 24.8 Å². The summed E-state index contributed by atoms with van der Waals surface area (Å²) in [6, 6.07) is 8.41. The predicted molar refractivity (Wildman–Crippen MR) is 70.3 cm³/mol. The summed E-state index contributed by atoms with van der Waals surface area (Å²) >= 11 is 0. The minimum atomic E-state index is 0.730. The smallest absolute Gasteiger partial charge is 0.119 e. The van der Waals surface area contributed by atoms with Gasteiger partial charge in [-0.2, -0.15) is 0 Å². The van der Waals surface area contributed by atoms with Crippen LogP contribution in [-0.4, -0.2) is 38.2 Å². The Labute approximate surface area is 104 Å². The van der Waals surface area contributed by atoms with Gasteiger partial charge < -0.3 is 15.0 Å². The average Bonchev–Trinajstić information content (AvgIpc) is 2.27. The number of hydrogen-bond donors (Lipinski definition) is 1. The van der Waals surface area contributed by atoms with Gasteiger partial charge in [0.1, 0.15) is 5.75 Å². The molecule has 1 saturated heterocycles. The third kappa shape index (κ3) is 3.72. The molecule has 0 radical (unpaired) electrons. The van der Waals surface area contributed by atoms with E-state index in [4.69, 9.17) is 4.74 Å². The first-order valence-electron chi connectivity index (χ1n) is 6.39. The van der Waals surface area contributed by atoms with Crippen LogP contribution in [-0.2, 0) is 6.54 Å². The molecule has 1 aromatic rings. The maximum Gasteiger partial charge on any atom is 0.119 e. The highest BCUT2D eigenvalue weighted by atomic mass is 16.5. The van der Waals surface area contributed by atoms with E-state index >= 15 is 0 Å². The third-order valence-corrected chi connectivity index (χ3v) is 3.12. The Morgan fingerprint density at radius 2 is 2.00 bits per heavy atom. The standard InChI is InChI=1S/C14H22N2O/c1-3-17-14-6-4-12(5-7-14)10-16(2)11-13-8-15-9-13/h4-7,13,15H,3,8-11H2,1-2H3. The molecule has 94 valence electrons. The lowest BCUT2D eigenvalue weighted by Gasteiger charge is -2.31. The van der Waals surface area contributed by atoms with E-state index in [1.807, 2.05) is 6.92 Å². The molecule has 1 fully saturated rings. The fourth-order valence-corrected chi connectivity index (χ4v) is 2.15. The Hall–Kier alpha value is -1.06. The zero-order chi connectivity index (χ0) is 12.1. The fourth-order valence-electron chi connectivity index (χ4n) is 2.15. The van der Waals surface area contributed by atoms with Crippen molar-refractivity contribution in [3.63, 3.8) is 0 Å². The molecule has 1 heterocycles. The van der Waals surface area contributed by atoms with Crippen molar-refractivity contribution in [2.75, 3.05) is 33.3 Å². The zero-order valence-corrected chi connectivity index (χ0v) is 10.8. The van der Waals surface area contributed by atoms with Crippen LogP contribution < -0.4 is 10.1 Å². The molecule has 0 atom stereocenters. The molecule has 0 spiro atoms. The molecule has 1 aliphatic heterocycles. The van der Waals surface area contributed by atoms with Crippen molar-refractivity contribution in [3.05, 3.63) is 29.8 Å². The van der Waals surface area contributed by atoms with E-state index in [2.05, 4.69) is 41.5 Å². The average molecular weight is 234 g/mol. The van der Waals surface area contributed by atoms with Crippen molar-refractivity contribution in [3.8, 4) is 5.75 Å². The zero-order valence-electron chi connectivity index (χ0n) is 10.8. The molecule has 3 nitrogen and oxygen atoms in total. The maximum atomic E-state index is 5.44. The number of nitrogens with zero attached hydrogens (tertiary/aromatic N) is 1. The van der Waals surface area contributed by atoms with Crippen molar-refractivity contribution in [2.45, 2.75) is 13.5 Å². The number of benzene rings is 1. The largest absolute Gasteiger partial charge is 0.494 e. The summed E-state index contributed by atoms with van der Waals surface area (Å²) in [7, 11) is 2.19. The van der Waals surface area contributed by atoms with Gasteiger partial charge in [-0.1, -0.05) is 12.1 Å². The molecular formula is C14H22N2O. The quantitative estimate of drug-likeness (QED) is 0.811. The molecule has 0 bridgehead atoms. The number of nitrogens with one attached hydrogen (secondary N) is 1. The summed E-state index contributed by atoms with van der Waals surface area (Å²) in [4.78, 5) is 2.39. The van der Waals surface area contributed by atoms with Crippen LogP contribution in [0.1, 0.15) is 12.5 Å². The Morgan fingerprint density at radius 3 is 2.53 bits per heavy atom. The van der Waals surface area contributed by atoms with Gasteiger partial charge in [-0.25, -0.2) is 0 Å². The van der Waals surface area contributed by atoms with Crippen molar-refractivity contribution < 1.29 is 4.74 Å². The second-order valence-corrected chi connectivity index (χ2v) is 4.80. The SMILES string of the molecule is CCOc1ccc(CN(C)CC2CNC2)cc1. The summed E-state index contributed by atoms with van der Waals surface area (Å²) in [5.41, 5.74) is 1.35. The van der Waals surface area contributed by atoms with Crippen LogP contribution in [0.4, 0.5) is 0 Å². The normalized spacial score (nSPS) is 15.9. The Bertz CT molecular complexity index is 333. The van der Waals surface area contributed by atoms with Crippen molar-refractivity contribution >= 4 is 0 Å². The number of hydrogen-bond acceptors (Lipinski definition) is 3. The van der Waals surface area contributed by atoms with E-state index in [-0.39, 0.29) is 0 Å². The Kier molecular flexibility index (Phi) is 4.40. The summed E-state index contributed by atoms with van der Waals surface area (Å²) in [5, 5.41) is 3.31. The minimum absolute atomic E-state index is 0.730. The minimum Gasteiger partial charge on any atom is -0.494 e. The van der Waals surface area contributed by atoms with E-state index in [1.165, 1.54) is 25.2 Å². The van der Waals surface area contributed by atoms with Crippen LogP contribution in [0.25, 0.3) is 0 Å². The van der Waals surface area contributed by atoms with Gasteiger partial charge in [0.2, 0.25) is 0 Å². The lowest BCUT2D eigenvalue weighted by atomic mass is 10.0. The van der Waals surface area contributed by atoms with Crippen LogP contribution in [0.5, 0.6) is 5.75 Å². The van der Waals surface area contributed by atoms with Crippen molar-refractivity contribution in [2.24, 2.45) is 5.92 Å². The van der Waals surface area contributed by atoms with Crippen LogP contribution in [0, 0.1) is 5.92 Å². The first kappa shape index (κ1) is 12.4. The summed E-state index contributed by atoms with van der Waals surface area (Å²) in [6.07, 6.45) is 0. The van der Waals surface area contributed by atoms with Gasteiger partial charge in [0.25, 0.3) is 0 Å². The predicted octanol–water partition coefficient (Wildman–Crippen LogP) is 1.74. The van der Waals surface area contributed by atoms with Crippen molar-refractivity contribution in [1.29, 1.82) is 0 Å². The monoisotopic (exact) mass is 234 g/mol. The molecule has 17 heavy (non-hydrogen) atoms. The van der Waals surface area contributed by atoms with Gasteiger partial charge in [0, 0.05) is 26.2 Å². The van der Waals surface area contributed by atoms with Gasteiger partial charge in [-0.15, -0.1) is 0 Å². The van der Waals surface area contributed by atoms with Crippen LogP contribution in [0.3, 0.4) is 0 Å². The maximum absolute atomic E-state index is 5.44. The topological polar surface area (TPSA) is 24.5 Å². The van der Waals surface area contributed by atoms with Gasteiger partial charge in [-0.3, -0.25) is 0 Å². The first-order chi connectivity index (χ1) is 8.28. The summed E-state index contributed by atoms with van der Waals surface area (Å²) in [6.45, 7) is 7.28. The molecule has 0 aromatic heterocycles. The second-order valence-electron chi connectivity index (χ2n) is 4.80. The Morgan fingerprint density at radius 1 is 1.29 bits per heavy atom. The van der Waals surface area contributed by atoms with Crippen LogP contribution >= 0.6 is 0 Å². The van der Waals surface area contributed by atoms with Gasteiger partial charge in [0.15, 0.2) is 0 Å². The molecular weight excluding hydrogens is 212 g/mol. The van der Waals surface area contributed by atoms with Gasteiger partial charge in [0.05, 0.1) is 6.61 Å².